The predicted octanol–water partition coefficient (Wildman–Crippen LogP) is 3.52. The van der Waals surface area contributed by atoms with Crippen LogP contribution in [0.3, 0.4) is 0 Å². The minimum absolute atomic E-state index is 0.633. The Morgan fingerprint density at radius 2 is 1.95 bits per heavy atom. The molecule has 3 nitrogen and oxygen atoms in total. The van der Waals surface area contributed by atoms with E-state index in [-0.39, 0.29) is 0 Å². The average Bonchev–Trinajstić information content (AvgIpc) is 2.38. The van der Waals surface area contributed by atoms with Crippen LogP contribution in [0.1, 0.15) is 44.0 Å². The second kappa shape index (κ2) is 8.25. The van der Waals surface area contributed by atoms with Crippen molar-refractivity contribution in [3.63, 3.8) is 0 Å². The smallest absolute Gasteiger partial charge is 0.128 e. The van der Waals surface area contributed by atoms with E-state index in [1.165, 1.54) is 17.7 Å². The van der Waals surface area contributed by atoms with E-state index in [9.17, 15) is 0 Å². The summed E-state index contributed by atoms with van der Waals surface area (Å²) < 4.78 is 5.47. The van der Waals surface area contributed by atoms with Crippen molar-refractivity contribution in [2.75, 3.05) is 20.2 Å². The number of ether oxygens (including phenoxy) is 1. The van der Waals surface area contributed by atoms with Crippen LogP contribution in [0.5, 0.6) is 5.75 Å². The molecule has 0 radical (unpaired) electrons. The van der Waals surface area contributed by atoms with E-state index < -0.39 is 0 Å². The molecule has 1 rings (SSSR count). The molecule has 1 aromatic rings. The minimum Gasteiger partial charge on any atom is -0.496 e. The van der Waals surface area contributed by atoms with Crippen molar-refractivity contribution < 1.29 is 4.74 Å². The second-order valence-corrected chi connectivity index (χ2v) is 6.24. The van der Waals surface area contributed by atoms with E-state index in [1.54, 1.807) is 7.11 Å². The highest BCUT2D eigenvalue weighted by molar-refractivity contribution is 5.41. The van der Waals surface area contributed by atoms with Gasteiger partial charge in [-0.25, -0.2) is 0 Å². The summed E-state index contributed by atoms with van der Waals surface area (Å²) in [5.41, 5.74) is 3.47. The average molecular weight is 278 g/mol. The Hall–Kier alpha value is -1.09. The Bertz CT molecular complexity index is 416. The monoisotopic (exact) mass is 278 g/mol. The SMILES string of the molecule is COc1c(C)cnc(CC(C)CCNCC(C)C)c1C. The molecule has 1 N–H and O–H groups in total. The van der Waals surface area contributed by atoms with E-state index in [4.69, 9.17) is 4.74 Å². The van der Waals surface area contributed by atoms with Crippen molar-refractivity contribution in [3.8, 4) is 5.75 Å². The van der Waals surface area contributed by atoms with Crippen LogP contribution in [-0.2, 0) is 6.42 Å². The van der Waals surface area contributed by atoms with Gasteiger partial charge >= 0.3 is 0 Å². The predicted molar refractivity (Wildman–Crippen MR) is 85.5 cm³/mol. The minimum atomic E-state index is 0.633. The van der Waals surface area contributed by atoms with Crippen LogP contribution in [0, 0.1) is 25.7 Å². The molecule has 114 valence electrons. The Morgan fingerprint density at radius 1 is 1.25 bits per heavy atom. The van der Waals surface area contributed by atoms with Gasteiger partial charge in [0.1, 0.15) is 5.75 Å². The standard InChI is InChI=1S/C17H30N2O/c1-12(2)10-18-8-7-13(3)9-16-15(5)17(20-6)14(4)11-19-16/h11-13,18H,7-10H2,1-6H3. The molecule has 0 aliphatic heterocycles. The molecule has 0 aromatic carbocycles. The first-order valence-electron chi connectivity index (χ1n) is 7.65. The number of methoxy groups -OCH3 is 1. The van der Waals surface area contributed by atoms with Crippen molar-refractivity contribution in [1.82, 2.24) is 10.3 Å². The molecule has 0 amide bonds. The molecule has 20 heavy (non-hydrogen) atoms. The van der Waals surface area contributed by atoms with Gasteiger partial charge in [0, 0.05) is 23.0 Å². The number of hydrogen-bond donors (Lipinski definition) is 1. The van der Waals surface area contributed by atoms with E-state index in [0.717, 1.165) is 36.7 Å². The Kier molecular flexibility index (Phi) is 7.00. The van der Waals surface area contributed by atoms with Gasteiger partial charge in [-0.15, -0.1) is 0 Å². The normalized spacial score (nSPS) is 12.8. The summed E-state index contributed by atoms with van der Waals surface area (Å²) >= 11 is 0. The fourth-order valence-corrected chi connectivity index (χ4v) is 2.45. The number of rotatable bonds is 8. The lowest BCUT2D eigenvalue weighted by Gasteiger charge is -2.16. The number of hydrogen-bond acceptors (Lipinski definition) is 3. The van der Waals surface area contributed by atoms with Crippen LogP contribution in [0.15, 0.2) is 6.20 Å². The maximum atomic E-state index is 5.47. The molecular formula is C17H30N2O. The summed E-state index contributed by atoms with van der Waals surface area (Å²) in [6.45, 7) is 13.1. The van der Waals surface area contributed by atoms with Gasteiger partial charge < -0.3 is 10.1 Å². The molecule has 1 unspecified atom stereocenters. The molecule has 1 aromatic heterocycles. The van der Waals surface area contributed by atoms with E-state index in [0.29, 0.717) is 5.92 Å². The third-order valence-electron chi connectivity index (χ3n) is 3.66. The molecular weight excluding hydrogens is 248 g/mol. The lowest BCUT2D eigenvalue weighted by atomic mass is 9.98. The fourth-order valence-electron chi connectivity index (χ4n) is 2.45. The van der Waals surface area contributed by atoms with Crippen LogP contribution in [0.4, 0.5) is 0 Å². The summed E-state index contributed by atoms with van der Waals surface area (Å²) in [6.07, 6.45) is 4.13. The maximum Gasteiger partial charge on any atom is 0.128 e. The summed E-state index contributed by atoms with van der Waals surface area (Å²) in [5.74, 6) is 2.34. The molecule has 1 atom stereocenters. The van der Waals surface area contributed by atoms with E-state index >= 15 is 0 Å². The summed E-state index contributed by atoms with van der Waals surface area (Å²) in [7, 11) is 1.73. The summed E-state index contributed by atoms with van der Waals surface area (Å²) in [6, 6.07) is 0. The summed E-state index contributed by atoms with van der Waals surface area (Å²) in [5, 5.41) is 3.50. The number of nitrogens with zero attached hydrogens (tertiary/aromatic N) is 1. The first-order chi connectivity index (χ1) is 9.45. The quantitative estimate of drug-likeness (QED) is 0.739. The van der Waals surface area contributed by atoms with Crippen molar-refractivity contribution in [2.45, 2.75) is 47.5 Å². The van der Waals surface area contributed by atoms with Crippen molar-refractivity contribution in [1.29, 1.82) is 0 Å². The zero-order valence-corrected chi connectivity index (χ0v) is 13.9. The highest BCUT2D eigenvalue weighted by Gasteiger charge is 2.12. The Balaban J connectivity index is 2.52. The molecule has 3 heteroatoms. The largest absolute Gasteiger partial charge is 0.496 e. The lowest BCUT2D eigenvalue weighted by molar-refractivity contribution is 0.405. The van der Waals surface area contributed by atoms with Crippen LogP contribution in [0.25, 0.3) is 0 Å². The third kappa shape index (κ3) is 5.12. The van der Waals surface area contributed by atoms with Crippen LogP contribution >= 0.6 is 0 Å². The first-order valence-corrected chi connectivity index (χ1v) is 7.65. The van der Waals surface area contributed by atoms with Crippen molar-refractivity contribution >= 4 is 0 Å². The van der Waals surface area contributed by atoms with Crippen molar-refractivity contribution in [2.24, 2.45) is 11.8 Å². The van der Waals surface area contributed by atoms with Crippen LogP contribution in [0.2, 0.25) is 0 Å². The van der Waals surface area contributed by atoms with Gasteiger partial charge in [0.15, 0.2) is 0 Å². The number of nitrogens with one attached hydrogen (secondary N) is 1. The zero-order chi connectivity index (χ0) is 15.1. The number of pyridine rings is 1. The molecule has 1 heterocycles. The fraction of sp³-hybridized carbons (Fsp3) is 0.706. The lowest BCUT2D eigenvalue weighted by Crippen LogP contribution is -2.22. The molecule has 0 aliphatic rings. The van der Waals surface area contributed by atoms with Gasteiger partial charge in [-0.2, -0.15) is 0 Å². The Labute approximate surface area is 124 Å². The second-order valence-electron chi connectivity index (χ2n) is 6.24. The van der Waals surface area contributed by atoms with Gasteiger partial charge in [0.2, 0.25) is 0 Å². The van der Waals surface area contributed by atoms with Gasteiger partial charge in [0.25, 0.3) is 0 Å². The highest BCUT2D eigenvalue weighted by Crippen LogP contribution is 2.25. The topological polar surface area (TPSA) is 34.1 Å². The van der Waals surface area contributed by atoms with E-state index in [2.05, 4.69) is 38.0 Å². The first kappa shape index (κ1) is 17.0. The van der Waals surface area contributed by atoms with Crippen LogP contribution < -0.4 is 10.1 Å². The number of aryl methyl sites for hydroxylation is 1. The van der Waals surface area contributed by atoms with Crippen molar-refractivity contribution in [3.05, 3.63) is 23.0 Å². The van der Waals surface area contributed by atoms with Gasteiger partial charge in [-0.05, 0) is 51.6 Å². The van der Waals surface area contributed by atoms with Gasteiger partial charge in [-0.3, -0.25) is 4.98 Å². The molecule has 0 bridgehead atoms. The number of aromatic nitrogens is 1. The highest BCUT2D eigenvalue weighted by atomic mass is 16.5. The van der Waals surface area contributed by atoms with E-state index in [1.807, 2.05) is 13.1 Å². The van der Waals surface area contributed by atoms with Gasteiger partial charge in [0.05, 0.1) is 7.11 Å². The van der Waals surface area contributed by atoms with Crippen LogP contribution in [-0.4, -0.2) is 25.2 Å². The van der Waals surface area contributed by atoms with Gasteiger partial charge in [-0.1, -0.05) is 20.8 Å². The maximum absolute atomic E-state index is 5.47. The molecule has 0 fully saturated rings. The summed E-state index contributed by atoms with van der Waals surface area (Å²) in [4.78, 5) is 4.58. The molecule has 0 aliphatic carbocycles. The molecule has 0 saturated heterocycles. The third-order valence-corrected chi connectivity index (χ3v) is 3.66. The molecule has 0 saturated carbocycles. The molecule has 0 spiro atoms. The Morgan fingerprint density at radius 3 is 2.55 bits per heavy atom. The zero-order valence-electron chi connectivity index (χ0n) is 13.9.